The number of ether oxygens (including phenoxy) is 2. The van der Waals surface area contributed by atoms with Gasteiger partial charge in [-0.3, -0.25) is 4.79 Å². The highest BCUT2D eigenvalue weighted by Crippen LogP contribution is 2.46. The Balaban J connectivity index is 1.19. The molecule has 1 amide bonds. The van der Waals surface area contributed by atoms with Gasteiger partial charge in [0.1, 0.15) is 0 Å². The molecule has 1 aromatic rings. The van der Waals surface area contributed by atoms with Crippen LogP contribution in [0.2, 0.25) is 0 Å². The first-order valence-corrected chi connectivity index (χ1v) is 10.8. The predicted octanol–water partition coefficient (Wildman–Crippen LogP) is 2.82. The number of amides is 1. The van der Waals surface area contributed by atoms with Crippen LogP contribution in [0.4, 0.5) is 0 Å². The van der Waals surface area contributed by atoms with Crippen molar-refractivity contribution in [1.29, 1.82) is 0 Å². The van der Waals surface area contributed by atoms with E-state index in [0.717, 1.165) is 63.5 Å². The van der Waals surface area contributed by atoms with Crippen molar-refractivity contribution >= 4 is 29.0 Å². The van der Waals surface area contributed by atoms with E-state index in [9.17, 15) is 4.79 Å². The number of carbonyl (C=O) groups excluding carboxylic acids is 1. The summed E-state index contributed by atoms with van der Waals surface area (Å²) >= 11 is 3.67. The van der Waals surface area contributed by atoms with E-state index in [0.29, 0.717) is 18.4 Å². The second-order valence-electron chi connectivity index (χ2n) is 7.27. The monoisotopic (exact) mass is 367 g/mol. The summed E-state index contributed by atoms with van der Waals surface area (Å²) in [5.41, 5.74) is 1.14. The molecular formula is C18H25NO3S2. The molecule has 0 bridgehead atoms. The first-order chi connectivity index (χ1) is 11.7. The van der Waals surface area contributed by atoms with Crippen LogP contribution in [0.3, 0.4) is 0 Å². The van der Waals surface area contributed by atoms with E-state index in [1.807, 2.05) is 28.1 Å². The molecule has 6 heteroatoms. The van der Waals surface area contributed by atoms with Crippen LogP contribution in [0.5, 0.6) is 0 Å². The van der Waals surface area contributed by atoms with Gasteiger partial charge < -0.3 is 14.4 Å². The van der Waals surface area contributed by atoms with Crippen molar-refractivity contribution in [3.05, 3.63) is 22.4 Å². The van der Waals surface area contributed by atoms with Gasteiger partial charge in [-0.2, -0.15) is 11.3 Å². The molecule has 0 radical (unpaired) electrons. The fourth-order valence-electron chi connectivity index (χ4n) is 3.82. The minimum Gasteiger partial charge on any atom is -0.381 e. The highest BCUT2D eigenvalue weighted by Gasteiger charge is 2.50. The highest BCUT2D eigenvalue weighted by molar-refractivity contribution is 8.01. The molecule has 0 saturated carbocycles. The Morgan fingerprint density at radius 1 is 1.38 bits per heavy atom. The Bertz CT molecular complexity index is 551. The Kier molecular flexibility index (Phi) is 5.18. The van der Waals surface area contributed by atoms with Gasteiger partial charge in [0.25, 0.3) is 0 Å². The number of thiophene rings is 1. The average molecular weight is 368 g/mol. The lowest BCUT2D eigenvalue weighted by Gasteiger charge is -2.47. The van der Waals surface area contributed by atoms with Crippen LogP contribution in [0, 0.1) is 5.92 Å². The highest BCUT2D eigenvalue weighted by atomic mass is 32.2. The summed E-state index contributed by atoms with van der Waals surface area (Å²) in [7, 11) is 0. The number of carbonyl (C=O) groups is 1. The zero-order valence-corrected chi connectivity index (χ0v) is 15.6. The topological polar surface area (TPSA) is 38.8 Å². The average Bonchev–Trinajstić information content (AvgIpc) is 3.22. The summed E-state index contributed by atoms with van der Waals surface area (Å²) in [6, 6.07) is 2.04. The molecule has 3 fully saturated rings. The number of nitrogens with zero attached hydrogens (tertiary/aromatic N) is 1. The second-order valence-corrected chi connectivity index (χ2v) is 9.54. The lowest BCUT2D eigenvalue weighted by molar-refractivity contribution is -0.136. The van der Waals surface area contributed by atoms with Crippen molar-refractivity contribution in [2.75, 3.05) is 38.7 Å². The Labute approximate surface area is 151 Å². The molecular weight excluding hydrogens is 342 g/mol. The molecule has 3 aliphatic heterocycles. The molecule has 24 heavy (non-hydrogen) atoms. The third-order valence-electron chi connectivity index (χ3n) is 5.33. The fourth-order valence-corrected chi connectivity index (χ4v) is 6.04. The quantitative estimate of drug-likeness (QED) is 0.802. The molecule has 1 atom stereocenters. The maximum absolute atomic E-state index is 12.3. The molecule has 4 rings (SSSR count). The van der Waals surface area contributed by atoms with Gasteiger partial charge in [0.15, 0.2) is 0 Å². The zero-order valence-electron chi connectivity index (χ0n) is 13.9. The summed E-state index contributed by atoms with van der Waals surface area (Å²) < 4.78 is 11.9. The van der Waals surface area contributed by atoms with Crippen LogP contribution in [0.15, 0.2) is 16.8 Å². The zero-order chi connectivity index (χ0) is 16.4. The maximum Gasteiger partial charge on any atom is 0.227 e. The molecule has 1 unspecified atom stereocenters. The van der Waals surface area contributed by atoms with E-state index in [1.54, 1.807) is 11.3 Å². The molecule has 132 valence electrons. The minimum atomic E-state index is 0.269. The molecule has 0 N–H and O–H groups in total. The van der Waals surface area contributed by atoms with Crippen molar-refractivity contribution in [2.45, 2.75) is 36.5 Å². The van der Waals surface area contributed by atoms with Crippen LogP contribution < -0.4 is 0 Å². The standard InChI is InChI=1S/C18H25NO3S2/c20-17(7-15-3-6-23-10-15)19-12-18(13-19)8-16(11-24-18)22-9-14-1-4-21-5-2-14/h3,6,10,14,16H,1-2,4-5,7-9,11-13H2. The van der Waals surface area contributed by atoms with Crippen molar-refractivity contribution in [2.24, 2.45) is 5.92 Å². The van der Waals surface area contributed by atoms with E-state index in [1.165, 1.54) is 0 Å². The van der Waals surface area contributed by atoms with Crippen molar-refractivity contribution in [1.82, 2.24) is 4.90 Å². The molecule has 1 spiro atoms. The van der Waals surface area contributed by atoms with Gasteiger partial charge >= 0.3 is 0 Å². The lowest BCUT2D eigenvalue weighted by Crippen LogP contribution is -2.61. The van der Waals surface area contributed by atoms with E-state index in [4.69, 9.17) is 9.47 Å². The van der Waals surface area contributed by atoms with Gasteiger partial charge in [0, 0.05) is 38.7 Å². The van der Waals surface area contributed by atoms with Gasteiger partial charge in [0.2, 0.25) is 5.91 Å². The Hall–Kier alpha value is -0.560. The minimum absolute atomic E-state index is 0.269. The van der Waals surface area contributed by atoms with Crippen molar-refractivity contribution in [3.63, 3.8) is 0 Å². The largest absolute Gasteiger partial charge is 0.381 e. The lowest BCUT2D eigenvalue weighted by atomic mass is 9.92. The summed E-state index contributed by atoms with van der Waals surface area (Å²) in [5, 5.41) is 4.10. The molecule has 3 aliphatic rings. The Morgan fingerprint density at radius 3 is 2.96 bits per heavy atom. The van der Waals surface area contributed by atoms with Crippen molar-refractivity contribution in [3.8, 4) is 0 Å². The number of hydrogen-bond acceptors (Lipinski definition) is 5. The van der Waals surface area contributed by atoms with Gasteiger partial charge in [-0.25, -0.2) is 0 Å². The fraction of sp³-hybridized carbons (Fsp3) is 0.722. The van der Waals surface area contributed by atoms with Crippen LogP contribution in [0.25, 0.3) is 0 Å². The van der Waals surface area contributed by atoms with E-state index >= 15 is 0 Å². The number of rotatable bonds is 5. The third kappa shape index (κ3) is 3.82. The van der Waals surface area contributed by atoms with Crippen molar-refractivity contribution < 1.29 is 14.3 Å². The summed E-state index contributed by atoms with van der Waals surface area (Å²) in [4.78, 5) is 14.3. The molecule has 1 aromatic heterocycles. The maximum atomic E-state index is 12.3. The molecule has 0 aromatic carbocycles. The van der Waals surface area contributed by atoms with E-state index in [2.05, 4.69) is 5.38 Å². The molecule has 4 nitrogen and oxygen atoms in total. The number of thioether (sulfide) groups is 1. The SMILES string of the molecule is O=C(Cc1ccsc1)N1CC2(CC(OCC3CCOCC3)CS2)C1. The predicted molar refractivity (Wildman–Crippen MR) is 97.7 cm³/mol. The molecule has 0 aliphatic carbocycles. The normalized spacial score (nSPS) is 26.7. The first-order valence-electron chi connectivity index (χ1n) is 8.85. The third-order valence-corrected chi connectivity index (χ3v) is 7.64. The number of hydrogen-bond donors (Lipinski definition) is 0. The summed E-state index contributed by atoms with van der Waals surface area (Å²) in [6.07, 6.45) is 4.29. The first kappa shape index (κ1) is 16.9. The van der Waals surface area contributed by atoms with Crippen LogP contribution in [-0.2, 0) is 20.7 Å². The van der Waals surface area contributed by atoms with Crippen LogP contribution in [0.1, 0.15) is 24.8 Å². The van der Waals surface area contributed by atoms with Gasteiger partial charge in [-0.05, 0) is 47.6 Å². The van der Waals surface area contributed by atoms with Gasteiger partial charge in [-0.1, -0.05) is 0 Å². The van der Waals surface area contributed by atoms with Gasteiger partial charge in [0.05, 0.1) is 17.3 Å². The van der Waals surface area contributed by atoms with E-state index < -0.39 is 0 Å². The Morgan fingerprint density at radius 2 is 2.21 bits per heavy atom. The van der Waals surface area contributed by atoms with Crippen LogP contribution >= 0.6 is 23.1 Å². The summed E-state index contributed by atoms with van der Waals surface area (Å²) in [5.74, 6) is 2.02. The second kappa shape index (κ2) is 7.36. The number of likely N-dealkylation sites (tertiary alicyclic amines) is 1. The summed E-state index contributed by atoms with van der Waals surface area (Å²) in [6.45, 7) is 4.46. The molecule has 4 heterocycles. The molecule has 3 saturated heterocycles. The van der Waals surface area contributed by atoms with Gasteiger partial charge in [-0.15, -0.1) is 11.8 Å². The van der Waals surface area contributed by atoms with E-state index in [-0.39, 0.29) is 10.7 Å². The van der Waals surface area contributed by atoms with Crippen LogP contribution in [-0.4, -0.2) is 60.3 Å². The smallest absolute Gasteiger partial charge is 0.227 e.